The number of aromatic nitrogens is 3. The van der Waals surface area contributed by atoms with Crippen molar-refractivity contribution in [1.82, 2.24) is 15.0 Å². The van der Waals surface area contributed by atoms with Crippen LogP contribution in [-0.4, -0.2) is 42.7 Å². The molecular formula is C27H29FN4O4S. The Hall–Kier alpha value is -3.53. The van der Waals surface area contributed by atoms with Crippen LogP contribution in [0.1, 0.15) is 60.5 Å². The lowest BCUT2D eigenvalue weighted by atomic mass is 9.83. The summed E-state index contributed by atoms with van der Waals surface area (Å²) in [5.74, 6) is 0.197. The number of rotatable bonds is 6. The predicted octanol–water partition coefficient (Wildman–Crippen LogP) is 3.54. The van der Waals surface area contributed by atoms with Gasteiger partial charge in [0.25, 0.3) is 5.56 Å². The highest BCUT2D eigenvalue weighted by Crippen LogP contribution is 2.37. The van der Waals surface area contributed by atoms with Crippen LogP contribution in [0, 0.1) is 5.82 Å². The molecule has 37 heavy (non-hydrogen) atoms. The zero-order chi connectivity index (χ0) is 26.2. The summed E-state index contributed by atoms with van der Waals surface area (Å²) in [5, 5.41) is 0. The molecule has 10 heteroatoms. The van der Waals surface area contributed by atoms with Gasteiger partial charge in [0.05, 0.1) is 4.90 Å². The number of nitrogens with one attached hydrogen (secondary N) is 2. The summed E-state index contributed by atoms with van der Waals surface area (Å²) in [6.45, 7) is 1.94. The summed E-state index contributed by atoms with van der Waals surface area (Å²) in [4.78, 5) is 37.2. The fourth-order valence-corrected chi connectivity index (χ4v) is 5.88. The van der Waals surface area contributed by atoms with Crippen LogP contribution in [0.25, 0.3) is 5.57 Å². The number of hydrogen-bond donors (Lipinski definition) is 2. The number of sulfone groups is 1. The van der Waals surface area contributed by atoms with Crippen molar-refractivity contribution in [2.24, 2.45) is 0 Å². The third-order valence-electron chi connectivity index (χ3n) is 7.19. The second kappa shape index (κ2) is 10.1. The number of pyridine rings is 1. The van der Waals surface area contributed by atoms with Gasteiger partial charge in [-0.05, 0) is 61.9 Å². The lowest BCUT2D eigenvalue weighted by Crippen LogP contribution is -2.30. The van der Waals surface area contributed by atoms with Gasteiger partial charge in [-0.15, -0.1) is 0 Å². The number of benzene rings is 1. The molecule has 1 atom stereocenters. The topological polar surface area (TPSA) is 116 Å². The van der Waals surface area contributed by atoms with Crippen LogP contribution in [0.4, 0.5) is 10.2 Å². The highest BCUT2D eigenvalue weighted by Gasteiger charge is 2.24. The van der Waals surface area contributed by atoms with E-state index in [4.69, 9.17) is 4.98 Å². The number of anilines is 1. The van der Waals surface area contributed by atoms with Gasteiger partial charge in [-0.2, -0.15) is 0 Å². The summed E-state index contributed by atoms with van der Waals surface area (Å²) in [7, 11) is -3.50. The van der Waals surface area contributed by atoms with E-state index in [2.05, 4.69) is 14.9 Å². The summed E-state index contributed by atoms with van der Waals surface area (Å²) >= 11 is 0. The van der Waals surface area contributed by atoms with E-state index < -0.39 is 26.9 Å². The molecule has 2 aliphatic rings. The van der Waals surface area contributed by atoms with Crippen molar-refractivity contribution >= 4 is 21.2 Å². The van der Waals surface area contributed by atoms with Crippen molar-refractivity contribution in [2.45, 2.75) is 49.3 Å². The molecule has 1 aliphatic carbocycles. The van der Waals surface area contributed by atoms with Gasteiger partial charge in [0.15, 0.2) is 9.84 Å². The standard InChI is InChI=1S/C27H29FN4O4S/c1-37(35,36)20-11-12-21(23(28)16-20)17-7-9-18(10-8-17)25-22(26(33)31-27(34)30-25)15-19-5-4-6-24(29-19)32-13-2-3-14-32/h4-7,11-12,16,18H,2-3,8-10,13-15H2,1H3,(H2,30,31,33,34). The number of nitrogens with zero attached hydrogens (tertiary/aromatic N) is 2. The van der Waals surface area contributed by atoms with Crippen LogP contribution in [0.5, 0.6) is 0 Å². The van der Waals surface area contributed by atoms with Crippen LogP contribution in [0.15, 0.2) is 57.0 Å². The molecule has 0 radical (unpaired) electrons. The molecule has 3 aromatic rings. The molecule has 194 valence electrons. The van der Waals surface area contributed by atoms with E-state index in [1.807, 2.05) is 24.3 Å². The first-order valence-electron chi connectivity index (χ1n) is 12.4. The largest absolute Gasteiger partial charge is 0.357 e. The number of allylic oxidation sites excluding steroid dienone is 2. The van der Waals surface area contributed by atoms with Gasteiger partial charge in [0.1, 0.15) is 11.6 Å². The fraction of sp³-hybridized carbons (Fsp3) is 0.370. The Labute approximate surface area is 214 Å². The highest BCUT2D eigenvalue weighted by molar-refractivity contribution is 7.90. The van der Waals surface area contributed by atoms with Crippen molar-refractivity contribution in [3.05, 3.63) is 91.6 Å². The van der Waals surface area contributed by atoms with E-state index in [0.717, 1.165) is 55.3 Å². The van der Waals surface area contributed by atoms with E-state index in [1.54, 1.807) is 0 Å². The van der Waals surface area contributed by atoms with Crippen molar-refractivity contribution in [2.75, 3.05) is 24.2 Å². The SMILES string of the molecule is CS(=O)(=O)c1ccc(C2=CCC(c3[nH]c(=O)[nH]c(=O)c3Cc3cccc(N4CCCC4)n3)CC2)c(F)c1. The van der Waals surface area contributed by atoms with Gasteiger partial charge in [-0.25, -0.2) is 22.6 Å². The Balaban J connectivity index is 1.41. The van der Waals surface area contributed by atoms with E-state index in [9.17, 15) is 22.4 Å². The molecule has 1 saturated heterocycles. The Kier molecular flexibility index (Phi) is 6.85. The van der Waals surface area contributed by atoms with Gasteiger partial charge in [-0.3, -0.25) is 9.78 Å². The molecule has 8 nitrogen and oxygen atoms in total. The number of aromatic amines is 2. The van der Waals surface area contributed by atoms with Gasteiger partial charge in [0, 0.05) is 54.2 Å². The first-order valence-corrected chi connectivity index (χ1v) is 14.3. The summed E-state index contributed by atoms with van der Waals surface area (Å²) in [6, 6.07) is 9.76. The molecule has 3 heterocycles. The normalized spacial score (nSPS) is 18.2. The Morgan fingerprint density at radius 3 is 2.57 bits per heavy atom. The van der Waals surface area contributed by atoms with Crippen molar-refractivity contribution in [3.63, 3.8) is 0 Å². The van der Waals surface area contributed by atoms with Crippen LogP contribution in [0.2, 0.25) is 0 Å². The molecule has 0 bridgehead atoms. The average molecular weight is 525 g/mol. The highest BCUT2D eigenvalue weighted by atomic mass is 32.2. The smallest absolute Gasteiger partial charge is 0.325 e. The average Bonchev–Trinajstić information content (AvgIpc) is 3.41. The first kappa shape index (κ1) is 25.1. The molecule has 0 saturated carbocycles. The molecule has 0 amide bonds. The third-order valence-corrected chi connectivity index (χ3v) is 8.30. The van der Waals surface area contributed by atoms with Crippen LogP contribution >= 0.6 is 0 Å². The van der Waals surface area contributed by atoms with Gasteiger partial charge in [-0.1, -0.05) is 18.2 Å². The lowest BCUT2D eigenvalue weighted by molar-refractivity contribution is 0.584. The Morgan fingerprint density at radius 2 is 1.89 bits per heavy atom. The van der Waals surface area contributed by atoms with Crippen molar-refractivity contribution in [1.29, 1.82) is 0 Å². The van der Waals surface area contributed by atoms with Crippen molar-refractivity contribution < 1.29 is 12.8 Å². The number of H-pyrrole nitrogens is 2. The number of halogens is 1. The third kappa shape index (κ3) is 5.44. The van der Waals surface area contributed by atoms with Gasteiger partial charge in [0.2, 0.25) is 0 Å². The summed E-state index contributed by atoms with van der Waals surface area (Å²) < 4.78 is 38.2. The zero-order valence-corrected chi connectivity index (χ0v) is 21.4. The Bertz CT molecular complexity index is 1590. The minimum atomic E-state index is -3.50. The van der Waals surface area contributed by atoms with E-state index in [-0.39, 0.29) is 17.2 Å². The van der Waals surface area contributed by atoms with Crippen LogP contribution in [-0.2, 0) is 16.3 Å². The molecule has 1 aromatic carbocycles. The van der Waals surface area contributed by atoms with Gasteiger partial charge >= 0.3 is 5.69 Å². The monoisotopic (exact) mass is 524 g/mol. The van der Waals surface area contributed by atoms with Crippen LogP contribution < -0.4 is 16.1 Å². The zero-order valence-electron chi connectivity index (χ0n) is 20.6. The molecule has 0 spiro atoms. The minimum Gasteiger partial charge on any atom is -0.357 e. The molecule has 2 aromatic heterocycles. The van der Waals surface area contributed by atoms with Crippen molar-refractivity contribution in [3.8, 4) is 0 Å². The maximum absolute atomic E-state index is 14.7. The summed E-state index contributed by atoms with van der Waals surface area (Å²) in [6.07, 6.45) is 7.15. The molecule has 1 fully saturated rings. The molecule has 1 unspecified atom stereocenters. The second-order valence-electron chi connectivity index (χ2n) is 9.77. The lowest BCUT2D eigenvalue weighted by Gasteiger charge is -2.24. The second-order valence-corrected chi connectivity index (χ2v) is 11.8. The maximum atomic E-state index is 14.7. The number of hydrogen-bond acceptors (Lipinski definition) is 6. The Morgan fingerprint density at radius 1 is 1.11 bits per heavy atom. The van der Waals surface area contributed by atoms with E-state index in [1.165, 1.54) is 12.1 Å². The van der Waals surface area contributed by atoms with E-state index >= 15 is 0 Å². The quantitative estimate of drug-likeness (QED) is 0.510. The van der Waals surface area contributed by atoms with Crippen LogP contribution in [0.3, 0.4) is 0 Å². The predicted molar refractivity (Wildman–Crippen MR) is 140 cm³/mol. The fourth-order valence-electron chi connectivity index (χ4n) is 5.25. The molecular weight excluding hydrogens is 495 g/mol. The molecule has 2 N–H and O–H groups in total. The summed E-state index contributed by atoms with van der Waals surface area (Å²) in [5.41, 5.74) is 1.99. The minimum absolute atomic E-state index is 0.0591. The molecule has 1 aliphatic heterocycles. The van der Waals surface area contributed by atoms with Gasteiger partial charge < -0.3 is 9.88 Å². The first-order chi connectivity index (χ1) is 17.7. The van der Waals surface area contributed by atoms with E-state index in [0.29, 0.717) is 36.1 Å². The maximum Gasteiger partial charge on any atom is 0.325 e. The molecule has 5 rings (SSSR count).